The molecule has 0 bridgehead atoms. The van der Waals surface area contributed by atoms with Crippen LogP contribution >= 0.6 is 22.6 Å². The number of carbonyl (C=O) groups excluding carboxylic acids is 1. The molecule has 2 rings (SSSR count). The fraction of sp³-hybridized carbons (Fsp3) is 0.462. The van der Waals surface area contributed by atoms with Crippen molar-refractivity contribution in [1.82, 2.24) is 5.32 Å². The molecule has 3 nitrogen and oxygen atoms in total. The smallest absolute Gasteiger partial charge is 0.319 e. The molecular formula is C13H17IN2O. The van der Waals surface area contributed by atoms with Crippen LogP contribution in [-0.2, 0) is 0 Å². The summed E-state index contributed by atoms with van der Waals surface area (Å²) in [5.41, 5.74) is 2.09. The summed E-state index contributed by atoms with van der Waals surface area (Å²) < 4.78 is 1.17. The van der Waals surface area contributed by atoms with Crippen LogP contribution < -0.4 is 10.6 Å². The van der Waals surface area contributed by atoms with Crippen molar-refractivity contribution in [3.63, 3.8) is 0 Å². The Morgan fingerprint density at radius 2 is 2.06 bits per heavy atom. The molecule has 0 spiro atoms. The Labute approximate surface area is 116 Å². The van der Waals surface area contributed by atoms with E-state index < -0.39 is 0 Å². The Hall–Kier alpha value is -0.780. The Morgan fingerprint density at radius 3 is 2.71 bits per heavy atom. The number of urea groups is 1. The van der Waals surface area contributed by atoms with E-state index in [2.05, 4.69) is 40.1 Å². The first-order chi connectivity index (χ1) is 8.15. The van der Waals surface area contributed by atoms with E-state index in [1.165, 1.54) is 22.0 Å². The minimum absolute atomic E-state index is 0.0865. The minimum atomic E-state index is -0.0865. The molecule has 0 unspecified atom stereocenters. The van der Waals surface area contributed by atoms with Gasteiger partial charge in [0.1, 0.15) is 0 Å². The van der Waals surface area contributed by atoms with Gasteiger partial charge < -0.3 is 10.6 Å². The molecule has 1 aromatic rings. The third kappa shape index (κ3) is 3.59. The van der Waals surface area contributed by atoms with E-state index >= 15 is 0 Å². The zero-order valence-electron chi connectivity index (χ0n) is 9.92. The van der Waals surface area contributed by atoms with Gasteiger partial charge in [-0.2, -0.15) is 0 Å². The highest BCUT2D eigenvalue weighted by Gasteiger charge is 2.16. The molecule has 1 saturated carbocycles. The monoisotopic (exact) mass is 344 g/mol. The highest BCUT2D eigenvalue weighted by molar-refractivity contribution is 14.1. The SMILES string of the molecule is Cc1ccc(NC(=O)NC2CCCC2)cc1I. The summed E-state index contributed by atoms with van der Waals surface area (Å²) in [5, 5.41) is 5.89. The Kier molecular flexibility index (Phi) is 4.25. The molecule has 0 aliphatic heterocycles. The van der Waals surface area contributed by atoms with Crippen LogP contribution in [0.25, 0.3) is 0 Å². The van der Waals surface area contributed by atoms with Crippen LogP contribution in [0, 0.1) is 10.5 Å². The highest BCUT2D eigenvalue weighted by atomic mass is 127. The van der Waals surface area contributed by atoms with E-state index in [1.807, 2.05) is 18.2 Å². The topological polar surface area (TPSA) is 41.1 Å². The van der Waals surface area contributed by atoms with Gasteiger partial charge in [-0.15, -0.1) is 0 Å². The molecule has 4 heteroatoms. The average Bonchev–Trinajstić information content (AvgIpc) is 2.76. The van der Waals surface area contributed by atoms with Crippen molar-refractivity contribution in [3.8, 4) is 0 Å². The molecule has 0 heterocycles. The molecule has 2 amide bonds. The van der Waals surface area contributed by atoms with E-state index in [0.29, 0.717) is 6.04 Å². The van der Waals surface area contributed by atoms with Crippen LogP contribution in [0.1, 0.15) is 31.2 Å². The van der Waals surface area contributed by atoms with Crippen molar-refractivity contribution < 1.29 is 4.79 Å². The maximum absolute atomic E-state index is 11.7. The van der Waals surface area contributed by atoms with Crippen LogP contribution in [0.5, 0.6) is 0 Å². The maximum atomic E-state index is 11.7. The number of halogens is 1. The summed E-state index contributed by atoms with van der Waals surface area (Å²) in [7, 11) is 0. The summed E-state index contributed by atoms with van der Waals surface area (Å²) in [5.74, 6) is 0. The first kappa shape index (κ1) is 12.7. The molecule has 1 aliphatic carbocycles. The van der Waals surface area contributed by atoms with Crippen molar-refractivity contribution in [2.75, 3.05) is 5.32 Å². The van der Waals surface area contributed by atoms with Crippen molar-refractivity contribution >= 4 is 34.3 Å². The molecule has 1 aromatic carbocycles. The first-order valence-corrected chi connectivity index (χ1v) is 7.07. The van der Waals surface area contributed by atoms with Crippen molar-refractivity contribution in [1.29, 1.82) is 0 Å². The average molecular weight is 344 g/mol. The number of anilines is 1. The molecule has 92 valence electrons. The first-order valence-electron chi connectivity index (χ1n) is 5.99. The fourth-order valence-corrected chi connectivity index (χ4v) is 2.61. The van der Waals surface area contributed by atoms with Crippen molar-refractivity contribution in [3.05, 3.63) is 27.3 Å². The largest absolute Gasteiger partial charge is 0.335 e. The lowest BCUT2D eigenvalue weighted by atomic mass is 10.2. The zero-order chi connectivity index (χ0) is 12.3. The second-order valence-electron chi connectivity index (χ2n) is 4.54. The van der Waals surface area contributed by atoms with Gasteiger partial charge in [0.2, 0.25) is 0 Å². The third-order valence-corrected chi connectivity index (χ3v) is 4.28. The van der Waals surface area contributed by atoms with Gasteiger partial charge in [-0.3, -0.25) is 0 Å². The fourth-order valence-electron chi connectivity index (χ4n) is 2.09. The Morgan fingerprint density at radius 1 is 1.35 bits per heavy atom. The van der Waals surface area contributed by atoms with Crippen LogP contribution in [0.15, 0.2) is 18.2 Å². The van der Waals surface area contributed by atoms with Gasteiger partial charge in [0.15, 0.2) is 0 Å². The number of carbonyl (C=O) groups is 1. The molecular weight excluding hydrogens is 327 g/mol. The Balaban J connectivity index is 1.90. The Bertz CT molecular complexity index is 414. The number of amides is 2. The van der Waals surface area contributed by atoms with E-state index in [9.17, 15) is 4.79 Å². The quantitative estimate of drug-likeness (QED) is 0.790. The molecule has 17 heavy (non-hydrogen) atoms. The lowest BCUT2D eigenvalue weighted by Crippen LogP contribution is -2.36. The van der Waals surface area contributed by atoms with Crippen molar-refractivity contribution in [2.24, 2.45) is 0 Å². The summed E-state index contributed by atoms with van der Waals surface area (Å²) in [6.07, 6.45) is 4.68. The molecule has 1 aliphatic rings. The second kappa shape index (κ2) is 5.71. The van der Waals surface area contributed by atoms with Gasteiger partial charge in [0.25, 0.3) is 0 Å². The summed E-state index contributed by atoms with van der Waals surface area (Å²) in [6.45, 7) is 2.06. The lowest BCUT2D eigenvalue weighted by Gasteiger charge is -2.13. The predicted octanol–water partition coefficient (Wildman–Crippen LogP) is 3.66. The summed E-state index contributed by atoms with van der Waals surface area (Å²) in [6, 6.07) is 6.22. The maximum Gasteiger partial charge on any atom is 0.319 e. The number of nitrogens with one attached hydrogen (secondary N) is 2. The predicted molar refractivity (Wildman–Crippen MR) is 78.3 cm³/mol. The van der Waals surface area contributed by atoms with Gasteiger partial charge >= 0.3 is 6.03 Å². The molecule has 0 atom stereocenters. The number of hydrogen-bond donors (Lipinski definition) is 2. The van der Waals surface area contributed by atoms with E-state index in [1.54, 1.807) is 0 Å². The van der Waals surface area contributed by atoms with Crippen LogP contribution in [-0.4, -0.2) is 12.1 Å². The normalized spacial score (nSPS) is 15.9. The van der Waals surface area contributed by atoms with E-state index in [0.717, 1.165) is 18.5 Å². The van der Waals surface area contributed by atoms with Gasteiger partial charge in [0, 0.05) is 15.3 Å². The van der Waals surface area contributed by atoms with Gasteiger partial charge in [-0.25, -0.2) is 4.79 Å². The van der Waals surface area contributed by atoms with Gasteiger partial charge in [-0.05, 0) is 60.1 Å². The second-order valence-corrected chi connectivity index (χ2v) is 5.71. The van der Waals surface area contributed by atoms with Gasteiger partial charge in [-0.1, -0.05) is 18.9 Å². The standard InChI is InChI=1S/C13H17IN2O/c1-9-6-7-11(8-12(9)14)16-13(17)15-10-4-2-3-5-10/h6-8,10H,2-5H2,1H3,(H2,15,16,17). The van der Waals surface area contributed by atoms with Crippen LogP contribution in [0.2, 0.25) is 0 Å². The molecule has 0 radical (unpaired) electrons. The number of aryl methyl sites for hydroxylation is 1. The van der Waals surface area contributed by atoms with Crippen LogP contribution in [0.3, 0.4) is 0 Å². The molecule has 0 aromatic heterocycles. The number of benzene rings is 1. The van der Waals surface area contributed by atoms with E-state index in [4.69, 9.17) is 0 Å². The van der Waals surface area contributed by atoms with E-state index in [-0.39, 0.29) is 6.03 Å². The molecule has 2 N–H and O–H groups in total. The molecule has 1 fully saturated rings. The lowest BCUT2D eigenvalue weighted by molar-refractivity contribution is 0.248. The summed E-state index contributed by atoms with van der Waals surface area (Å²) >= 11 is 2.28. The zero-order valence-corrected chi connectivity index (χ0v) is 12.1. The highest BCUT2D eigenvalue weighted by Crippen LogP contribution is 2.19. The minimum Gasteiger partial charge on any atom is -0.335 e. The summed E-state index contributed by atoms with van der Waals surface area (Å²) in [4.78, 5) is 11.7. The number of rotatable bonds is 2. The van der Waals surface area contributed by atoms with Crippen LogP contribution in [0.4, 0.5) is 10.5 Å². The number of hydrogen-bond acceptors (Lipinski definition) is 1. The molecule has 0 saturated heterocycles. The van der Waals surface area contributed by atoms with Crippen molar-refractivity contribution in [2.45, 2.75) is 38.6 Å². The van der Waals surface area contributed by atoms with Gasteiger partial charge in [0.05, 0.1) is 0 Å². The third-order valence-electron chi connectivity index (χ3n) is 3.12.